The number of hydrogen-bond acceptors (Lipinski definition) is 6. The predicted molar refractivity (Wildman–Crippen MR) is 159 cm³/mol. The molecule has 0 bridgehead atoms. The molecule has 0 saturated heterocycles. The van der Waals surface area contributed by atoms with Crippen molar-refractivity contribution in [1.29, 1.82) is 10.5 Å². The third-order valence-corrected chi connectivity index (χ3v) is 8.50. The average Bonchev–Trinajstić information content (AvgIpc) is 3.24. The maximum atomic E-state index is 13.0. The van der Waals surface area contributed by atoms with Gasteiger partial charge in [-0.1, -0.05) is 29.3 Å². The molecular weight excluding hydrogens is 656 g/mol. The van der Waals surface area contributed by atoms with E-state index >= 15 is 0 Å². The zero-order valence-corrected chi connectivity index (χ0v) is 24.9. The van der Waals surface area contributed by atoms with Gasteiger partial charge in [-0.25, -0.2) is 0 Å². The number of anilines is 1. The molecule has 1 amide bonds. The Kier molecular flexibility index (Phi) is 9.56. The number of nitriles is 2. The number of halogens is 3. The van der Waals surface area contributed by atoms with Crippen LogP contribution in [0.4, 0.5) is 5.00 Å². The van der Waals surface area contributed by atoms with E-state index < -0.39 is 5.91 Å². The summed E-state index contributed by atoms with van der Waals surface area (Å²) in [5.74, 6) is 0.445. The molecule has 6 nitrogen and oxygen atoms in total. The number of nitrogens with zero attached hydrogens (tertiary/aromatic N) is 2. The second-order valence-electron chi connectivity index (χ2n) is 8.44. The number of nitrogens with one attached hydrogen (secondary N) is 1. The monoisotopic (exact) mass is 677 g/mol. The quantitative estimate of drug-likeness (QED) is 0.148. The molecule has 1 aromatic heterocycles. The summed E-state index contributed by atoms with van der Waals surface area (Å²) in [7, 11) is 0. The van der Waals surface area contributed by atoms with E-state index in [9.17, 15) is 15.3 Å². The number of fused-ring (bicyclic) bond motifs is 1. The molecule has 1 N–H and O–H groups in total. The minimum Gasteiger partial charge on any atom is -0.490 e. The molecule has 0 radical (unpaired) electrons. The summed E-state index contributed by atoms with van der Waals surface area (Å²) in [6.45, 7) is 2.46. The van der Waals surface area contributed by atoms with Crippen molar-refractivity contribution in [2.75, 3.05) is 11.9 Å². The number of carbonyl (C=O) groups is 1. The van der Waals surface area contributed by atoms with Crippen LogP contribution in [0.5, 0.6) is 11.5 Å². The molecule has 0 spiro atoms. The molecule has 4 rings (SSSR count). The van der Waals surface area contributed by atoms with Crippen molar-refractivity contribution in [3.05, 3.63) is 76.7 Å². The van der Waals surface area contributed by atoms with E-state index in [0.29, 0.717) is 44.3 Å². The molecule has 10 heteroatoms. The Labute approximate surface area is 248 Å². The zero-order valence-electron chi connectivity index (χ0n) is 20.4. The topological polar surface area (TPSA) is 95.1 Å². The van der Waals surface area contributed by atoms with Crippen molar-refractivity contribution in [3.63, 3.8) is 0 Å². The standard InChI is InChI=1S/C28H22Cl2IN3O3S/c1-2-36-24-11-16(10-23(31)26(24)37-15-17-7-8-19(29)12-22(17)30)9-18(13-32)27(35)34-28-21(14-33)20-5-3-4-6-25(20)38-28/h7-12H,2-6,15H2,1H3,(H,34,35)/b18-9+. The first-order chi connectivity index (χ1) is 18.3. The second kappa shape index (κ2) is 12.9. The van der Waals surface area contributed by atoms with E-state index in [1.165, 1.54) is 17.4 Å². The molecule has 1 aliphatic rings. The van der Waals surface area contributed by atoms with Crippen LogP contribution in [-0.4, -0.2) is 12.5 Å². The molecule has 3 aromatic rings. The summed E-state index contributed by atoms with van der Waals surface area (Å²) in [6.07, 6.45) is 5.34. The lowest BCUT2D eigenvalue weighted by atomic mass is 9.96. The van der Waals surface area contributed by atoms with Gasteiger partial charge in [0.1, 0.15) is 29.3 Å². The Morgan fingerprint density at radius 2 is 1.97 bits per heavy atom. The summed E-state index contributed by atoms with van der Waals surface area (Å²) in [4.78, 5) is 14.2. The van der Waals surface area contributed by atoms with Crippen LogP contribution in [-0.2, 0) is 24.2 Å². The third kappa shape index (κ3) is 6.44. The maximum absolute atomic E-state index is 13.0. The number of thiophene rings is 1. The van der Waals surface area contributed by atoms with Gasteiger partial charge in [0.15, 0.2) is 11.5 Å². The number of aryl methyl sites for hydroxylation is 1. The fourth-order valence-electron chi connectivity index (χ4n) is 4.12. The van der Waals surface area contributed by atoms with Gasteiger partial charge in [0, 0.05) is 20.5 Å². The SMILES string of the molecule is CCOc1cc(/C=C(\C#N)C(=O)Nc2sc3c(c2C#N)CCCC3)cc(I)c1OCc1ccc(Cl)cc1Cl. The lowest BCUT2D eigenvalue weighted by molar-refractivity contribution is -0.112. The van der Waals surface area contributed by atoms with Crippen LogP contribution in [0.3, 0.4) is 0 Å². The van der Waals surface area contributed by atoms with E-state index in [4.69, 9.17) is 32.7 Å². The first-order valence-electron chi connectivity index (χ1n) is 11.8. The molecule has 0 atom stereocenters. The van der Waals surface area contributed by atoms with Crippen molar-refractivity contribution in [1.82, 2.24) is 0 Å². The molecule has 1 heterocycles. The lowest BCUT2D eigenvalue weighted by Gasteiger charge is -2.15. The van der Waals surface area contributed by atoms with Gasteiger partial charge >= 0.3 is 0 Å². The van der Waals surface area contributed by atoms with E-state index in [0.717, 1.165) is 45.3 Å². The third-order valence-electron chi connectivity index (χ3n) is 5.91. The highest BCUT2D eigenvalue weighted by Crippen LogP contribution is 2.38. The van der Waals surface area contributed by atoms with Crippen molar-refractivity contribution >= 4 is 74.1 Å². The fraction of sp³-hybridized carbons (Fsp3) is 0.250. The molecule has 2 aromatic carbocycles. The fourth-order valence-corrected chi connectivity index (χ4v) is 6.60. The summed E-state index contributed by atoms with van der Waals surface area (Å²) in [5.41, 5.74) is 2.82. The van der Waals surface area contributed by atoms with Crippen LogP contribution in [0, 0.1) is 26.2 Å². The summed E-state index contributed by atoms with van der Waals surface area (Å²) >= 11 is 15.8. The highest BCUT2D eigenvalue weighted by molar-refractivity contribution is 14.1. The minimum absolute atomic E-state index is 0.0832. The zero-order chi connectivity index (χ0) is 27.2. The predicted octanol–water partition coefficient (Wildman–Crippen LogP) is 7.93. The molecule has 0 unspecified atom stereocenters. The molecule has 0 aliphatic heterocycles. The maximum Gasteiger partial charge on any atom is 0.266 e. The van der Waals surface area contributed by atoms with Crippen LogP contribution >= 0.6 is 57.1 Å². The van der Waals surface area contributed by atoms with Crippen molar-refractivity contribution in [3.8, 4) is 23.6 Å². The average molecular weight is 678 g/mol. The normalized spacial score (nSPS) is 12.7. The van der Waals surface area contributed by atoms with E-state index in [-0.39, 0.29) is 12.2 Å². The molecule has 0 saturated carbocycles. The number of carbonyl (C=O) groups excluding carboxylic acids is 1. The molecule has 0 fully saturated rings. The molecule has 1 aliphatic carbocycles. The summed E-state index contributed by atoms with van der Waals surface area (Å²) < 4.78 is 12.6. The molecule has 38 heavy (non-hydrogen) atoms. The number of ether oxygens (including phenoxy) is 2. The minimum atomic E-state index is -0.562. The first kappa shape index (κ1) is 28.3. The smallest absolute Gasteiger partial charge is 0.266 e. The van der Waals surface area contributed by atoms with Crippen molar-refractivity contribution in [2.45, 2.75) is 39.2 Å². The first-order valence-corrected chi connectivity index (χ1v) is 14.5. The number of amides is 1. The van der Waals surface area contributed by atoms with E-state index in [1.54, 1.807) is 30.3 Å². The van der Waals surface area contributed by atoms with E-state index in [2.05, 4.69) is 34.0 Å². The van der Waals surface area contributed by atoms with Gasteiger partial charge in [-0.2, -0.15) is 10.5 Å². The van der Waals surface area contributed by atoms with Gasteiger partial charge in [0.25, 0.3) is 5.91 Å². The van der Waals surface area contributed by atoms with Crippen LogP contribution in [0.1, 0.15) is 46.9 Å². The highest BCUT2D eigenvalue weighted by Gasteiger charge is 2.23. The van der Waals surface area contributed by atoms with Gasteiger partial charge in [-0.05, 0) is 96.7 Å². The Hall–Kier alpha value is -2.76. The summed E-state index contributed by atoms with van der Waals surface area (Å²) in [5, 5.41) is 23.8. The second-order valence-corrected chi connectivity index (χ2v) is 11.5. The van der Waals surface area contributed by atoms with Crippen LogP contribution in [0.2, 0.25) is 10.0 Å². The highest BCUT2D eigenvalue weighted by atomic mass is 127. The lowest BCUT2D eigenvalue weighted by Crippen LogP contribution is -2.13. The Bertz CT molecular complexity index is 1500. The largest absolute Gasteiger partial charge is 0.490 e. The van der Waals surface area contributed by atoms with Crippen molar-refractivity contribution < 1.29 is 14.3 Å². The van der Waals surface area contributed by atoms with Gasteiger partial charge in [0.2, 0.25) is 0 Å². The number of benzene rings is 2. The van der Waals surface area contributed by atoms with Gasteiger partial charge in [-0.3, -0.25) is 4.79 Å². The summed E-state index contributed by atoms with van der Waals surface area (Å²) in [6, 6.07) is 12.9. The van der Waals surface area contributed by atoms with E-state index in [1.807, 2.05) is 13.0 Å². The van der Waals surface area contributed by atoms with Crippen LogP contribution in [0.15, 0.2) is 35.9 Å². The van der Waals surface area contributed by atoms with Gasteiger partial charge in [-0.15, -0.1) is 11.3 Å². The Balaban J connectivity index is 1.58. The van der Waals surface area contributed by atoms with Crippen LogP contribution in [0.25, 0.3) is 6.08 Å². The van der Waals surface area contributed by atoms with Gasteiger partial charge < -0.3 is 14.8 Å². The Morgan fingerprint density at radius 1 is 1.18 bits per heavy atom. The van der Waals surface area contributed by atoms with Crippen LogP contribution < -0.4 is 14.8 Å². The molecular formula is C28H22Cl2IN3O3S. The molecule has 194 valence electrons. The van der Waals surface area contributed by atoms with Crippen molar-refractivity contribution in [2.24, 2.45) is 0 Å². The van der Waals surface area contributed by atoms with Gasteiger partial charge in [0.05, 0.1) is 15.7 Å². The number of hydrogen-bond donors (Lipinski definition) is 1. The Morgan fingerprint density at radius 3 is 2.68 bits per heavy atom. The number of rotatable bonds is 8.